The lowest BCUT2D eigenvalue weighted by Crippen LogP contribution is -2.31. The zero-order chi connectivity index (χ0) is 15.6. The zero-order valence-electron chi connectivity index (χ0n) is 12.6. The van der Waals surface area contributed by atoms with Crippen LogP contribution in [-0.4, -0.2) is 22.6 Å². The Kier molecular flexibility index (Phi) is 3.81. The van der Waals surface area contributed by atoms with Crippen molar-refractivity contribution < 1.29 is 9.13 Å². The molecule has 118 valence electrons. The third kappa shape index (κ3) is 2.98. The van der Waals surface area contributed by atoms with Crippen molar-refractivity contribution in [3.63, 3.8) is 0 Å². The first kappa shape index (κ1) is 14.4. The first-order valence-electron chi connectivity index (χ1n) is 7.82. The Hall–Kier alpha value is -2.24. The van der Waals surface area contributed by atoms with E-state index >= 15 is 0 Å². The Morgan fingerprint density at radius 1 is 1.30 bits per heavy atom. The molecule has 0 bridgehead atoms. The van der Waals surface area contributed by atoms with Crippen LogP contribution in [0.25, 0.3) is 10.9 Å². The molecule has 23 heavy (non-hydrogen) atoms. The summed E-state index contributed by atoms with van der Waals surface area (Å²) >= 11 is 0. The molecule has 4 nitrogen and oxygen atoms in total. The van der Waals surface area contributed by atoms with E-state index in [0.29, 0.717) is 6.54 Å². The van der Waals surface area contributed by atoms with Crippen LogP contribution in [0.3, 0.4) is 0 Å². The number of nitrogens with one attached hydrogen (secondary N) is 2. The Morgan fingerprint density at radius 2 is 2.26 bits per heavy atom. The lowest BCUT2D eigenvalue weighted by Gasteiger charge is -2.19. The van der Waals surface area contributed by atoms with Gasteiger partial charge in [-0.25, -0.2) is 4.39 Å². The standard InChI is InChI=1S/C18H18FN3O/c19-14-4-3-12-8-15(22-17(12)9-14)11-21-16-5-7-23-18(16)13-2-1-6-20-10-13/h1-4,6,8-10,16,18,21-22H,5,7,11H2/t16-,18+/m0/s1. The summed E-state index contributed by atoms with van der Waals surface area (Å²) in [4.78, 5) is 7.43. The van der Waals surface area contributed by atoms with E-state index in [1.165, 1.54) is 12.1 Å². The first-order chi connectivity index (χ1) is 11.3. The number of aromatic nitrogens is 2. The van der Waals surface area contributed by atoms with E-state index in [-0.39, 0.29) is 18.0 Å². The van der Waals surface area contributed by atoms with Crippen LogP contribution in [0.15, 0.2) is 48.8 Å². The normalized spacial score (nSPS) is 21.1. The second-order valence-electron chi connectivity index (χ2n) is 5.88. The smallest absolute Gasteiger partial charge is 0.125 e. The fourth-order valence-corrected chi connectivity index (χ4v) is 3.17. The van der Waals surface area contributed by atoms with Crippen LogP contribution in [0.5, 0.6) is 0 Å². The van der Waals surface area contributed by atoms with Crippen LogP contribution in [0, 0.1) is 5.82 Å². The summed E-state index contributed by atoms with van der Waals surface area (Å²) in [6.45, 7) is 1.44. The van der Waals surface area contributed by atoms with Crippen LogP contribution >= 0.6 is 0 Å². The Morgan fingerprint density at radius 3 is 3.13 bits per heavy atom. The van der Waals surface area contributed by atoms with Gasteiger partial charge in [-0.2, -0.15) is 0 Å². The van der Waals surface area contributed by atoms with Crippen molar-refractivity contribution in [1.82, 2.24) is 15.3 Å². The van der Waals surface area contributed by atoms with E-state index in [1.807, 2.05) is 18.3 Å². The molecule has 1 aromatic carbocycles. The van der Waals surface area contributed by atoms with Crippen molar-refractivity contribution in [2.75, 3.05) is 6.61 Å². The van der Waals surface area contributed by atoms with Gasteiger partial charge in [0.2, 0.25) is 0 Å². The summed E-state index contributed by atoms with van der Waals surface area (Å²) < 4.78 is 19.1. The van der Waals surface area contributed by atoms with Gasteiger partial charge in [0.05, 0.1) is 6.10 Å². The number of benzene rings is 1. The molecule has 3 heterocycles. The molecule has 2 aromatic heterocycles. The number of rotatable bonds is 4. The maximum Gasteiger partial charge on any atom is 0.125 e. The van der Waals surface area contributed by atoms with E-state index in [2.05, 4.69) is 21.4 Å². The topological polar surface area (TPSA) is 49.9 Å². The summed E-state index contributed by atoms with van der Waals surface area (Å²) in [5.74, 6) is -0.223. The van der Waals surface area contributed by atoms with Crippen molar-refractivity contribution >= 4 is 10.9 Å². The van der Waals surface area contributed by atoms with Gasteiger partial charge in [-0.1, -0.05) is 6.07 Å². The van der Waals surface area contributed by atoms with Crippen molar-refractivity contribution in [2.24, 2.45) is 0 Å². The lowest BCUT2D eigenvalue weighted by atomic mass is 10.0. The fraction of sp³-hybridized carbons (Fsp3) is 0.278. The van der Waals surface area contributed by atoms with E-state index in [9.17, 15) is 4.39 Å². The summed E-state index contributed by atoms with van der Waals surface area (Å²) in [6, 6.07) is 11.1. The molecule has 3 aromatic rings. The summed E-state index contributed by atoms with van der Waals surface area (Å²) in [7, 11) is 0. The number of ether oxygens (including phenoxy) is 1. The van der Waals surface area contributed by atoms with Crippen molar-refractivity contribution in [3.8, 4) is 0 Å². The molecule has 1 aliphatic rings. The number of pyridine rings is 1. The Bertz CT molecular complexity index is 802. The third-order valence-corrected chi connectivity index (χ3v) is 4.30. The highest BCUT2D eigenvalue weighted by molar-refractivity contribution is 5.80. The van der Waals surface area contributed by atoms with Crippen molar-refractivity contribution in [2.45, 2.75) is 25.1 Å². The van der Waals surface area contributed by atoms with Crippen molar-refractivity contribution in [1.29, 1.82) is 0 Å². The molecular formula is C18H18FN3O. The Balaban J connectivity index is 1.47. The highest BCUT2D eigenvalue weighted by Crippen LogP contribution is 2.29. The number of nitrogens with zero attached hydrogens (tertiary/aromatic N) is 1. The molecule has 0 saturated carbocycles. The number of fused-ring (bicyclic) bond motifs is 1. The van der Waals surface area contributed by atoms with Gasteiger partial charge in [0.15, 0.2) is 0 Å². The third-order valence-electron chi connectivity index (χ3n) is 4.30. The minimum absolute atomic E-state index is 0.0329. The molecule has 1 fully saturated rings. The highest BCUT2D eigenvalue weighted by atomic mass is 19.1. The monoisotopic (exact) mass is 311 g/mol. The van der Waals surface area contributed by atoms with E-state index in [0.717, 1.165) is 35.2 Å². The zero-order valence-corrected chi connectivity index (χ0v) is 12.6. The van der Waals surface area contributed by atoms with Gasteiger partial charge in [0.25, 0.3) is 0 Å². The minimum atomic E-state index is -0.223. The average molecular weight is 311 g/mol. The molecule has 2 N–H and O–H groups in total. The first-order valence-corrected chi connectivity index (χ1v) is 7.82. The molecular weight excluding hydrogens is 293 g/mol. The van der Waals surface area contributed by atoms with Gasteiger partial charge < -0.3 is 15.0 Å². The van der Waals surface area contributed by atoms with Crippen LogP contribution in [0.2, 0.25) is 0 Å². The molecule has 0 amide bonds. The van der Waals surface area contributed by atoms with E-state index < -0.39 is 0 Å². The summed E-state index contributed by atoms with van der Waals surface area (Å²) in [5, 5.41) is 4.57. The second-order valence-corrected chi connectivity index (χ2v) is 5.88. The second kappa shape index (κ2) is 6.10. The molecule has 0 radical (unpaired) electrons. The maximum absolute atomic E-state index is 13.3. The number of H-pyrrole nitrogens is 1. The van der Waals surface area contributed by atoms with E-state index in [4.69, 9.17) is 4.74 Å². The van der Waals surface area contributed by atoms with Crippen LogP contribution in [0.1, 0.15) is 23.8 Å². The Labute approximate surface area is 133 Å². The lowest BCUT2D eigenvalue weighted by molar-refractivity contribution is 0.0981. The molecule has 1 saturated heterocycles. The van der Waals surface area contributed by atoms with Crippen molar-refractivity contribution in [3.05, 3.63) is 65.9 Å². The van der Waals surface area contributed by atoms with Gasteiger partial charge in [-0.3, -0.25) is 4.98 Å². The van der Waals surface area contributed by atoms with Gasteiger partial charge in [0.1, 0.15) is 5.82 Å². The number of hydrogen-bond acceptors (Lipinski definition) is 3. The van der Waals surface area contributed by atoms with Crippen LogP contribution < -0.4 is 5.32 Å². The van der Waals surface area contributed by atoms with Gasteiger partial charge in [0, 0.05) is 48.4 Å². The predicted octanol–water partition coefficient (Wildman–Crippen LogP) is 3.32. The number of aromatic amines is 1. The number of hydrogen-bond donors (Lipinski definition) is 2. The molecule has 0 aliphatic carbocycles. The summed E-state index contributed by atoms with van der Waals surface area (Å²) in [6.07, 6.45) is 4.63. The molecule has 0 unspecified atom stereocenters. The van der Waals surface area contributed by atoms with Gasteiger partial charge >= 0.3 is 0 Å². The average Bonchev–Trinajstić information content (AvgIpc) is 3.19. The number of halogens is 1. The molecule has 2 atom stereocenters. The quantitative estimate of drug-likeness (QED) is 0.777. The van der Waals surface area contributed by atoms with Crippen LogP contribution in [0.4, 0.5) is 4.39 Å². The van der Waals surface area contributed by atoms with E-state index in [1.54, 1.807) is 12.3 Å². The molecule has 1 aliphatic heterocycles. The molecule has 4 rings (SSSR count). The minimum Gasteiger partial charge on any atom is -0.372 e. The maximum atomic E-state index is 13.3. The molecule has 5 heteroatoms. The predicted molar refractivity (Wildman–Crippen MR) is 86.4 cm³/mol. The van der Waals surface area contributed by atoms with Crippen LogP contribution in [-0.2, 0) is 11.3 Å². The van der Waals surface area contributed by atoms with Gasteiger partial charge in [-0.15, -0.1) is 0 Å². The highest BCUT2D eigenvalue weighted by Gasteiger charge is 2.29. The largest absolute Gasteiger partial charge is 0.372 e. The fourth-order valence-electron chi connectivity index (χ4n) is 3.17. The SMILES string of the molecule is Fc1ccc2cc(CN[C@H]3CCO[C@@H]3c3cccnc3)[nH]c2c1. The summed E-state index contributed by atoms with van der Waals surface area (Å²) in [5.41, 5.74) is 2.97. The van der Waals surface area contributed by atoms with Gasteiger partial charge in [-0.05, 0) is 42.1 Å². The molecule has 0 spiro atoms.